The molecule has 1 unspecified atom stereocenters. The SMILES string of the molecule is CC(C(=O)CCc1ccccc1)c1ccccc1O[Si](C)(C)C(C)(C)C. The van der Waals surface area contributed by atoms with E-state index in [2.05, 4.69) is 46.0 Å². The molecule has 3 heteroatoms. The first-order chi connectivity index (χ1) is 12.1. The fourth-order valence-corrected chi connectivity index (χ4v) is 3.70. The fraction of sp³-hybridized carbons (Fsp3) is 0.435. The Hall–Kier alpha value is -1.87. The van der Waals surface area contributed by atoms with E-state index in [0.717, 1.165) is 17.7 Å². The molecule has 2 aromatic rings. The molecule has 26 heavy (non-hydrogen) atoms. The maximum atomic E-state index is 12.8. The zero-order chi connectivity index (χ0) is 19.4. The van der Waals surface area contributed by atoms with E-state index < -0.39 is 8.32 Å². The number of ketones is 1. The molecule has 140 valence electrons. The smallest absolute Gasteiger partial charge is 0.250 e. The summed E-state index contributed by atoms with van der Waals surface area (Å²) in [6.07, 6.45) is 1.34. The molecule has 0 aromatic heterocycles. The zero-order valence-electron chi connectivity index (χ0n) is 17.0. The number of hydrogen-bond acceptors (Lipinski definition) is 2. The van der Waals surface area contributed by atoms with Gasteiger partial charge in [0.05, 0.1) is 0 Å². The van der Waals surface area contributed by atoms with E-state index in [1.165, 1.54) is 5.56 Å². The first kappa shape index (κ1) is 20.4. The van der Waals surface area contributed by atoms with Gasteiger partial charge in [0.1, 0.15) is 11.5 Å². The molecule has 0 amide bonds. The molecule has 2 rings (SSSR count). The van der Waals surface area contributed by atoms with Gasteiger partial charge in [-0.15, -0.1) is 0 Å². The molecule has 0 aliphatic rings. The third kappa shape index (κ3) is 5.07. The van der Waals surface area contributed by atoms with E-state index in [9.17, 15) is 4.79 Å². The first-order valence-corrected chi connectivity index (χ1v) is 12.4. The highest BCUT2D eigenvalue weighted by Crippen LogP contribution is 2.39. The van der Waals surface area contributed by atoms with Gasteiger partial charge in [0.25, 0.3) is 0 Å². The molecule has 0 fully saturated rings. The van der Waals surface area contributed by atoms with Crippen molar-refractivity contribution in [3.63, 3.8) is 0 Å². The first-order valence-electron chi connectivity index (χ1n) is 9.46. The van der Waals surface area contributed by atoms with Crippen LogP contribution in [-0.2, 0) is 11.2 Å². The Morgan fingerprint density at radius 1 is 1.00 bits per heavy atom. The Kier molecular flexibility index (Phi) is 6.46. The number of hydrogen-bond donors (Lipinski definition) is 0. The number of aryl methyl sites for hydroxylation is 1. The van der Waals surface area contributed by atoms with Crippen molar-refractivity contribution < 1.29 is 9.22 Å². The monoisotopic (exact) mass is 368 g/mol. The molecule has 0 spiro atoms. The van der Waals surface area contributed by atoms with Gasteiger partial charge in [0.2, 0.25) is 8.32 Å². The number of carbonyl (C=O) groups is 1. The van der Waals surface area contributed by atoms with Gasteiger partial charge >= 0.3 is 0 Å². The highest BCUT2D eigenvalue weighted by Gasteiger charge is 2.39. The third-order valence-electron chi connectivity index (χ3n) is 5.54. The van der Waals surface area contributed by atoms with Gasteiger partial charge in [-0.05, 0) is 36.2 Å². The van der Waals surface area contributed by atoms with Crippen molar-refractivity contribution in [3.05, 3.63) is 65.7 Å². The van der Waals surface area contributed by atoms with Gasteiger partial charge in [-0.2, -0.15) is 0 Å². The van der Waals surface area contributed by atoms with Crippen LogP contribution in [0, 0.1) is 0 Å². The van der Waals surface area contributed by atoms with E-state index in [0.29, 0.717) is 6.42 Å². The molecule has 2 nitrogen and oxygen atoms in total. The highest BCUT2D eigenvalue weighted by molar-refractivity contribution is 6.74. The largest absolute Gasteiger partial charge is 0.543 e. The summed E-state index contributed by atoms with van der Waals surface area (Å²) in [5, 5.41) is 0.126. The molecule has 0 heterocycles. The van der Waals surface area contributed by atoms with Crippen LogP contribution in [0.2, 0.25) is 18.1 Å². The second kappa shape index (κ2) is 8.21. The van der Waals surface area contributed by atoms with Gasteiger partial charge in [-0.3, -0.25) is 4.79 Å². The molecular weight excluding hydrogens is 336 g/mol. The van der Waals surface area contributed by atoms with Crippen LogP contribution in [0.1, 0.15) is 51.2 Å². The van der Waals surface area contributed by atoms with Crippen molar-refractivity contribution in [2.75, 3.05) is 0 Å². The molecular formula is C23H32O2Si. The van der Waals surface area contributed by atoms with Gasteiger partial charge in [0, 0.05) is 17.9 Å². The Morgan fingerprint density at radius 3 is 2.19 bits per heavy atom. The Morgan fingerprint density at radius 2 is 1.58 bits per heavy atom. The van der Waals surface area contributed by atoms with Crippen LogP contribution in [0.3, 0.4) is 0 Å². The van der Waals surface area contributed by atoms with Crippen LogP contribution in [0.25, 0.3) is 0 Å². The van der Waals surface area contributed by atoms with Crippen LogP contribution in [0.5, 0.6) is 5.75 Å². The molecule has 0 bridgehead atoms. The zero-order valence-corrected chi connectivity index (χ0v) is 18.0. The minimum absolute atomic E-state index is 0.126. The molecule has 1 atom stereocenters. The van der Waals surface area contributed by atoms with Crippen molar-refractivity contribution >= 4 is 14.1 Å². The lowest BCUT2D eigenvalue weighted by Gasteiger charge is -2.37. The summed E-state index contributed by atoms with van der Waals surface area (Å²) in [6, 6.07) is 18.2. The molecule has 0 aliphatic heterocycles. The van der Waals surface area contributed by atoms with E-state index in [1.54, 1.807) is 0 Å². The van der Waals surface area contributed by atoms with Crippen LogP contribution < -0.4 is 4.43 Å². The van der Waals surface area contributed by atoms with E-state index in [1.807, 2.05) is 49.4 Å². The summed E-state index contributed by atoms with van der Waals surface area (Å²) >= 11 is 0. The maximum Gasteiger partial charge on any atom is 0.250 e. The molecule has 2 aromatic carbocycles. The Balaban J connectivity index is 2.13. The second-order valence-corrected chi connectivity index (χ2v) is 13.3. The molecule has 0 aliphatic carbocycles. The highest BCUT2D eigenvalue weighted by atomic mass is 28.4. The number of benzene rings is 2. The summed E-state index contributed by atoms with van der Waals surface area (Å²) in [5.74, 6) is 0.986. The van der Waals surface area contributed by atoms with Gasteiger partial charge in [-0.1, -0.05) is 76.2 Å². The summed E-state index contributed by atoms with van der Waals surface area (Å²) in [6.45, 7) is 13.2. The van der Waals surface area contributed by atoms with E-state index >= 15 is 0 Å². The Bertz CT molecular complexity index is 729. The van der Waals surface area contributed by atoms with Crippen LogP contribution in [0.15, 0.2) is 54.6 Å². The van der Waals surface area contributed by atoms with Crippen molar-refractivity contribution in [3.8, 4) is 5.75 Å². The summed E-state index contributed by atoms with van der Waals surface area (Å²) in [5.41, 5.74) is 2.22. The molecule has 0 N–H and O–H groups in total. The molecule has 0 saturated carbocycles. The summed E-state index contributed by atoms with van der Waals surface area (Å²) in [4.78, 5) is 12.8. The predicted octanol–water partition coefficient (Wildman–Crippen LogP) is 6.38. The third-order valence-corrected chi connectivity index (χ3v) is 9.89. The lowest BCUT2D eigenvalue weighted by atomic mass is 9.92. The minimum atomic E-state index is -1.94. The molecule has 0 saturated heterocycles. The lowest BCUT2D eigenvalue weighted by molar-refractivity contribution is -0.120. The van der Waals surface area contributed by atoms with Gasteiger partial charge in [0.15, 0.2) is 0 Å². The predicted molar refractivity (Wildman–Crippen MR) is 112 cm³/mol. The average molecular weight is 369 g/mol. The topological polar surface area (TPSA) is 26.3 Å². The second-order valence-electron chi connectivity index (χ2n) is 8.57. The van der Waals surface area contributed by atoms with Crippen molar-refractivity contribution in [1.82, 2.24) is 0 Å². The Labute approximate surface area is 159 Å². The van der Waals surface area contributed by atoms with Gasteiger partial charge in [-0.25, -0.2) is 0 Å². The number of Topliss-reactive ketones (excluding diaryl/α,β-unsaturated/α-hetero) is 1. The number of carbonyl (C=O) groups excluding carboxylic acids is 1. The quantitative estimate of drug-likeness (QED) is 0.530. The van der Waals surface area contributed by atoms with Crippen molar-refractivity contribution in [1.29, 1.82) is 0 Å². The van der Waals surface area contributed by atoms with Crippen LogP contribution >= 0.6 is 0 Å². The maximum absolute atomic E-state index is 12.8. The minimum Gasteiger partial charge on any atom is -0.543 e. The van der Waals surface area contributed by atoms with Gasteiger partial charge < -0.3 is 4.43 Å². The van der Waals surface area contributed by atoms with E-state index in [-0.39, 0.29) is 16.7 Å². The summed E-state index contributed by atoms with van der Waals surface area (Å²) in [7, 11) is -1.94. The van der Waals surface area contributed by atoms with Crippen molar-refractivity contribution in [2.45, 2.75) is 64.6 Å². The molecule has 0 radical (unpaired) electrons. The van der Waals surface area contributed by atoms with Crippen LogP contribution in [-0.4, -0.2) is 14.1 Å². The van der Waals surface area contributed by atoms with Crippen molar-refractivity contribution in [2.24, 2.45) is 0 Å². The summed E-state index contributed by atoms with van der Waals surface area (Å²) < 4.78 is 6.52. The normalized spacial score (nSPS) is 13.3. The fourth-order valence-electron chi connectivity index (χ4n) is 2.66. The number of rotatable bonds is 7. The average Bonchev–Trinajstić information content (AvgIpc) is 2.59. The van der Waals surface area contributed by atoms with E-state index in [4.69, 9.17) is 4.43 Å². The van der Waals surface area contributed by atoms with Crippen LogP contribution in [0.4, 0.5) is 0 Å². The lowest BCUT2D eigenvalue weighted by Crippen LogP contribution is -2.44. The standard InChI is InChI=1S/C23H32O2Si/c1-18(21(24)17-16-19-12-8-7-9-13-19)20-14-10-11-15-22(20)25-26(5,6)23(2,3)4/h7-15,18H,16-17H2,1-6H3. The number of para-hydroxylation sites is 1.